The molecule has 2 aromatic heterocycles. The molecule has 8 nitrogen and oxygen atoms in total. The van der Waals surface area contributed by atoms with Crippen molar-refractivity contribution < 1.29 is 18.7 Å². The molecule has 8 heteroatoms. The third-order valence-corrected chi connectivity index (χ3v) is 4.58. The predicted octanol–water partition coefficient (Wildman–Crippen LogP) is 2.05. The Labute approximate surface area is 164 Å². The molecule has 0 aromatic carbocycles. The van der Waals surface area contributed by atoms with E-state index in [-0.39, 0.29) is 49.2 Å². The van der Waals surface area contributed by atoms with Crippen molar-refractivity contribution in [3.63, 3.8) is 0 Å². The van der Waals surface area contributed by atoms with Gasteiger partial charge in [0, 0.05) is 32.3 Å². The van der Waals surface area contributed by atoms with Crippen molar-refractivity contribution in [3.05, 3.63) is 47.9 Å². The summed E-state index contributed by atoms with van der Waals surface area (Å²) in [6.07, 6.45) is 4.82. The Kier molecular flexibility index (Phi) is 6.41. The summed E-state index contributed by atoms with van der Waals surface area (Å²) >= 11 is 0. The van der Waals surface area contributed by atoms with Crippen molar-refractivity contribution in [1.29, 1.82) is 0 Å². The van der Waals surface area contributed by atoms with Crippen molar-refractivity contribution in [1.82, 2.24) is 19.8 Å². The molecule has 0 radical (unpaired) electrons. The number of aryl methyl sites for hydroxylation is 1. The Bertz CT molecular complexity index is 781. The minimum atomic E-state index is -0.277. The number of amides is 2. The number of carbonyl (C=O) groups is 2. The van der Waals surface area contributed by atoms with E-state index < -0.39 is 0 Å². The van der Waals surface area contributed by atoms with Gasteiger partial charge in [0.2, 0.25) is 5.91 Å². The maximum Gasteiger partial charge on any atom is 0.274 e. The molecule has 0 bridgehead atoms. The molecule has 1 aliphatic heterocycles. The van der Waals surface area contributed by atoms with Crippen molar-refractivity contribution in [2.24, 2.45) is 0 Å². The fraction of sp³-hybridized carbons (Fsp3) is 0.500. The zero-order valence-electron chi connectivity index (χ0n) is 16.5. The van der Waals surface area contributed by atoms with E-state index in [1.54, 1.807) is 34.4 Å². The summed E-state index contributed by atoms with van der Waals surface area (Å²) in [5, 5.41) is 0. The highest BCUT2D eigenvalue weighted by Gasteiger charge is 2.27. The second kappa shape index (κ2) is 8.97. The van der Waals surface area contributed by atoms with Gasteiger partial charge in [-0.3, -0.25) is 14.6 Å². The average Bonchev–Trinajstić information content (AvgIpc) is 3.17. The van der Waals surface area contributed by atoms with E-state index in [9.17, 15) is 9.59 Å². The van der Waals surface area contributed by atoms with Gasteiger partial charge < -0.3 is 19.0 Å². The van der Waals surface area contributed by atoms with E-state index in [1.807, 2.05) is 20.8 Å². The number of furan rings is 1. The Morgan fingerprint density at radius 1 is 1.21 bits per heavy atom. The number of aromatic nitrogens is 2. The van der Waals surface area contributed by atoms with Gasteiger partial charge >= 0.3 is 0 Å². The summed E-state index contributed by atoms with van der Waals surface area (Å²) in [6, 6.07) is 3.57. The van der Waals surface area contributed by atoms with E-state index >= 15 is 0 Å². The zero-order valence-corrected chi connectivity index (χ0v) is 16.5. The molecule has 2 amide bonds. The van der Waals surface area contributed by atoms with Gasteiger partial charge in [0.05, 0.1) is 36.9 Å². The third-order valence-electron chi connectivity index (χ3n) is 4.58. The number of ether oxygens (including phenoxy) is 1. The minimum Gasteiger partial charge on any atom is -0.467 e. The van der Waals surface area contributed by atoms with Crippen LogP contribution in [0.15, 0.2) is 35.2 Å². The standard InChI is InChI=1S/C20H26N4O4/c1-14-9-22-18(10-21-14)20(26)23(13-17-5-4-8-27-17)7-6-19(25)24-11-15(2)28-16(3)12-24/h4-5,8-10,15-16H,6-7,11-13H2,1-3H3. The van der Waals surface area contributed by atoms with Gasteiger partial charge in [0.15, 0.2) is 0 Å². The highest BCUT2D eigenvalue weighted by atomic mass is 16.5. The molecule has 3 rings (SSSR count). The van der Waals surface area contributed by atoms with Crippen molar-refractivity contribution in [3.8, 4) is 0 Å². The number of hydrogen-bond acceptors (Lipinski definition) is 6. The number of morpholine rings is 1. The highest BCUT2D eigenvalue weighted by Crippen LogP contribution is 2.14. The van der Waals surface area contributed by atoms with Crippen LogP contribution in [0.5, 0.6) is 0 Å². The van der Waals surface area contributed by atoms with E-state index in [0.29, 0.717) is 18.8 Å². The summed E-state index contributed by atoms with van der Waals surface area (Å²) < 4.78 is 11.1. The molecular weight excluding hydrogens is 360 g/mol. The first-order valence-electron chi connectivity index (χ1n) is 9.46. The van der Waals surface area contributed by atoms with Crippen LogP contribution in [-0.4, -0.2) is 63.4 Å². The van der Waals surface area contributed by atoms with Crippen molar-refractivity contribution in [2.45, 2.75) is 45.9 Å². The van der Waals surface area contributed by atoms with E-state index in [4.69, 9.17) is 9.15 Å². The first kappa shape index (κ1) is 20.0. The van der Waals surface area contributed by atoms with Crippen LogP contribution < -0.4 is 0 Å². The molecule has 0 saturated carbocycles. The number of rotatable bonds is 6. The van der Waals surface area contributed by atoms with Crippen LogP contribution >= 0.6 is 0 Å². The molecule has 2 unspecified atom stereocenters. The van der Waals surface area contributed by atoms with Crippen LogP contribution in [0.4, 0.5) is 0 Å². The van der Waals surface area contributed by atoms with Crippen molar-refractivity contribution in [2.75, 3.05) is 19.6 Å². The SMILES string of the molecule is Cc1cnc(C(=O)N(CCC(=O)N2CC(C)OC(C)C2)Cc2ccco2)cn1. The molecule has 150 valence electrons. The average molecular weight is 386 g/mol. The van der Waals surface area contributed by atoms with Crippen LogP contribution in [0.2, 0.25) is 0 Å². The molecule has 0 N–H and O–H groups in total. The predicted molar refractivity (Wildman–Crippen MR) is 101 cm³/mol. The molecule has 1 aliphatic rings. The topological polar surface area (TPSA) is 88.8 Å². The lowest BCUT2D eigenvalue weighted by Crippen LogP contribution is -2.49. The van der Waals surface area contributed by atoms with Gasteiger partial charge in [-0.05, 0) is 32.9 Å². The van der Waals surface area contributed by atoms with E-state index in [2.05, 4.69) is 9.97 Å². The Balaban J connectivity index is 1.67. The highest BCUT2D eigenvalue weighted by molar-refractivity contribution is 5.92. The van der Waals surface area contributed by atoms with Gasteiger partial charge in [-0.2, -0.15) is 0 Å². The molecule has 1 fully saturated rings. The number of hydrogen-bond donors (Lipinski definition) is 0. The molecule has 0 aliphatic carbocycles. The Hall–Kier alpha value is -2.74. The molecule has 28 heavy (non-hydrogen) atoms. The molecule has 2 atom stereocenters. The first-order valence-corrected chi connectivity index (χ1v) is 9.46. The second-order valence-corrected chi connectivity index (χ2v) is 7.16. The summed E-state index contributed by atoms with van der Waals surface area (Å²) in [6.45, 7) is 7.40. The van der Waals surface area contributed by atoms with Gasteiger partial charge in [-0.25, -0.2) is 4.98 Å². The van der Waals surface area contributed by atoms with Crippen LogP contribution in [-0.2, 0) is 16.1 Å². The normalized spacial score (nSPS) is 19.5. The second-order valence-electron chi connectivity index (χ2n) is 7.16. The van der Waals surface area contributed by atoms with E-state index in [1.165, 1.54) is 6.20 Å². The maximum absolute atomic E-state index is 12.9. The van der Waals surface area contributed by atoms with E-state index in [0.717, 1.165) is 5.69 Å². The minimum absolute atomic E-state index is 0.00855. The first-order chi connectivity index (χ1) is 13.4. The quantitative estimate of drug-likeness (QED) is 0.755. The zero-order chi connectivity index (χ0) is 20.1. The summed E-state index contributed by atoms with van der Waals surface area (Å²) in [7, 11) is 0. The summed E-state index contributed by atoms with van der Waals surface area (Å²) in [5.74, 6) is 0.379. The monoisotopic (exact) mass is 386 g/mol. The van der Waals surface area contributed by atoms with Crippen LogP contribution in [0.1, 0.15) is 42.2 Å². The lowest BCUT2D eigenvalue weighted by Gasteiger charge is -2.35. The molecular formula is C20H26N4O4. The number of carbonyl (C=O) groups excluding carboxylic acids is 2. The maximum atomic E-state index is 12.9. The largest absolute Gasteiger partial charge is 0.467 e. The number of nitrogens with zero attached hydrogens (tertiary/aromatic N) is 4. The fourth-order valence-electron chi connectivity index (χ4n) is 3.28. The molecule has 3 heterocycles. The smallest absolute Gasteiger partial charge is 0.274 e. The molecule has 0 spiro atoms. The lowest BCUT2D eigenvalue weighted by atomic mass is 10.2. The van der Waals surface area contributed by atoms with Gasteiger partial charge in [0.1, 0.15) is 11.5 Å². The van der Waals surface area contributed by atoms with Crippen molar-refractivity contribution >= 4 is 11.8 Å². The third kappa shape index (κ3) is 5.16. The van der Waals surface area contributed by atoms with Gasteiger partial charge in [-0.15, -0.1) is 0 Å². The van der Waals surface area contributed by atoms with Crippen LogP contribution in [0.3, 0.4) is 0 Å². The Morgan fingerprint density at radius 3 is 2.57 bits per heavy atom. The fourth-order valence-corrected chi connectivity index (χ4v) is 3.28. The van der Waals surface area contributed by atoms with Crippen LogP contribution in [0, 0.1) is 6.92 Å². The lowest BCUT2D eigenvalue weighted by molar-refractivity contribution is -0.143. The van der Waals surface area contributed by atoms with Gasteiger partial charge in [0.25, 0.3) is 5.91 Å². The van der Waals surface area contributed by atoms with Gasteiger partial charge in [-0.1, -0.05) is 0 Å². The molecule has 1 saturated heterocycles. The van der Waals surface area contributed by atoms with Crippen LogP contribution in [0.25, 0.3) is 0 Å². The summed E-state index contributed by atoms with van der Waals surface area (Å²) in [4.78, 5) is 37.3. The summed E-state index contributed by atoms with van der Waals surface area (Å²) in [5.41, 5.74) is 0.984. The Morgan fingerprint density at radius 2 is 1.96 bits per heavy atom. The molecule has 2 aromatic rings.